The molecular weight excluding hydrogens is 366 g/mol. The molecule has 2 aromatic carbocycles. The fourth-order valence-electron chi connectivity index (χ4n) is 3.78. The van der Waals surface area contributed by atoms with E-state index in [2.05, 4.69) is 65.6 Å². The Hall–Kier alpha value is -3.13. The third kappa shape index (κ3) is 4.88. The molecular formula is C28H33NO. The predicted octanol–water partition coefficient (Wildman–Crippen LogP) is 6.89. The lowest BCUT2D eigenvalue weighted by atomic mass is 9.93. The van der Waals surface area contributed by atoms with Gasteiger partial charge in [0.1, 0.15) is 0 Å². The summed E-state index contributed by atoms with van der Waals surface area (Å²) in [4.78, 5) is 14.8. The highest BCUT2D eigenvalue weighted by atomic mass is 16.2. The standard InChI is InChI=1S/C28H33NO/c1-10-18(2)16-25-14-15-26(24(8)23(25)7)28(30)29(9)22(6)17-21(5)27-19(3)12-11-13-20(27)4/h10-15,17H,1-2,6,16H2,3-5,7-9H3. The van der Waals surface area contributed by atoms with Crippen molar-refractivity contribution in [3.8, 4) is 0 Å². The molecule has 0 aliphatic rings. The summed E-state index contributed by atoms with van der Waals surface area (Å²) in [6.45, 7) is 22.3. The molecule has 2 aromatic rings. The number of nitrogens with zero attached hydrogens (tertiary/aromatic N) is 1. The summed E-state index contributed by atoms with van der Waals surface area (Å²) in [6.07, 6.45) is 4.50. The van der Waals surface area contributed by atoms with E-state index in [-0.39, 0.29) is 5.91 Å². The lowest BCUT2D eigenvalue weighted by Crippen LogP contribution is -2.26. The first-order valence-electron chi connectivity index (χ1n) is 10.2. The summed E-state index contributed by atoms with van der Waals surface area (Å²) in [5.41, 5.74) is 10.3. The zero-order chi connectivity index (χ0) is 22.6. The van der Waals surface area contributed by atoms with Crippen molar-refractivity contribution in [2.75, 3.05) is 7.05 Å². The van der Waals surface area contributed by atoms with Gasteiger partial charge in [0.05, 0.1) is 0 Å². The Kier molecular flexibility index (Phi) is 7.39. The monoisotopic (exact) mass is 399 g/mol. The quantitative estimate of drug-likeness (QED) is 0.464. The smallest absolute Gasteiger partial charge is 0.258 e. The van der Waals surface area contributed by atoms with E-state index in [1.54, 1.807) is 18.0 Å². The summed E-state index contributed by atoms with van der Waals surface area (Å²) in [5, 5.41) is 0. The zero-order valence-corrected chi connectivity index (χ0v) is 19.2. The maximum absolute atomic E-state index is 13.2. The fourth-order valence-corrected chi connectivity index (χ4v) is 3.78. The second-order valence-corrected chi connectivity index (χ2v) is 8.01. The summed E-state index contributed by atoms with van der Waals surface area (Å²) < 4.78 is 0. The molecule has 0 N–H and O–H groups in total. The molecule has 2 heteroatoms. The van der Waals surface area contributed by atoms with Crippen molar-refractivity contribution in [1.82, 2.24) is 4.90 Å². The first-order valence-corrected chi connectivity index (χ1v) is 10.2. The van der Waals surface area contributed by atoms with E-state index in [1.165, 1.54) is 22.3 Å². The van der Waals surface area contributed by atoms with Gasteiger partial charge in [-0.2, -0.15) is 0 Å². The minimum absolute atomic E-state index is 0.0553. The Balaban J connectivity index is 2.31. The van der Waals surface area contributed by atoms with Crippen molar-refractivity contribution in [3.05, 3.63) is 112 Å². The van der Waals surface area contributed by atoms with Gasteiger partial charge in [0, 0.05) is 18.3 Å². The van der Waals surface area contributed by atoms with Gasteiger partial charge in [-0.15, -0.1) is 0 Å². The second-order valence-electron chi connectivity index (χ2n) is 8.01. The van der Waals surface area contributed by atoms with E-state index in [0.29, 0.717) is 11.3 Å². The molecule has 2 rings (SSSR count). The topological polar surface area (TPSA) is 20.3 Å². The lowest BCUT2D eigenvalue weighted by molar-refractivity contribution is 0.0840. The molecule has 0 atom stereocenters. The molecule has 0 heterocycles. The Labute approximate surface area is 181 Å². The van der Waals surface area contributed by atoms with Gasteiger partial charge in [-0.1, -0.05) is 55.7 Å². The van der Waals surface area contributed by atoms with Crippen LogP contribution in [0.3, 0.4) is 0 Å². The molecule has 0 aliphatic carbocycles. The normalized spacial score (nSPS) is 11.2. The maximum Gasteiger partial charge on any atom is 0.258 e. The molecule has 0 saturated heterocycles. The molecule has 0 fully saturated rings. The summed E-state index contributed by atoms with van der Waals surface area (Å²) in [6, 6.07) is 10.2. The van der Waals surface area contributed by atoms with Crippen molar-refractivity contribution in [1.29, 1.82) is 0 Å². The average molecular weight is 400 g/mol. The predicted molar refractivity (Wildman–Crippen MR) is 130 cm³/mol. The largest absolute Gasteiger partial charge is 0.312 e. The molecule has 2 nitrogen and oxygen atoms in total. The summed E-state index contributed by atoms with van der Waals surface area (Å²) >= 11 is 0. The van der Waals surface area contributed by atoms with Crippen LogP contribution in [-0.4, -0.2) is 17.9 Å². The summed E-state index contributed by atoms with van der Waals surface area (Å²) in [5.74, 6) is -0.0553. The van der Waals surface area contributed by atoms with Crippen molar-refractivity contribution in [3.63, 3.8) is 0 Å². The van der Waals surface area contributed by atoms with Crippen LogP contribution in [0.5, 0.6) is 0 Å². The third-order valence-corrected chi connectivity index (χ3v) is 5.83. The number of amides is 1. The van der Waals surface area contributed by atoms with Gasteiger partial charge in [-0.05, 0) is 92.1 Å². The first kappa shape index (κ1) is 23.2. The van der Waals surface area contributed by atoms with E-state index in [0.717, 1.165) is 28.7 Å². The van der Waals surface area contributed by atoms with Crippen molar-refractivity contribution < 1.29 is 4.79 Å². The average Bonchev–Trinajstić information content (AvgIpc) is 2.70. The van der Waals surface area contributed by atoms with Crippen LogP contribution in [0.2, 0.25) is 0 Å². The molecule has 0 spiro atoms. The zero-order valence-electron chi connectivity index (χ0n) is 19.2. The molecule has 1 amide bonds. The lowest BCUT2D eigenvalue weighted by Gasteiger charge is -2.21. The second kappa shape index (κ2) is 9.58. The number of benzene rings is 2. The molecule has 0 radical (unpaired) electrons. The number of carbonyl (C=O) groups is 1. The Morgan fingerprint density at radius 3 is 2.17 bits per heavy atom. The highest BCUT2D eigenvalue weighted by Gasteiger charge is 2.18. The van der Waals surface area contributed by atoms with Gasteiger partial charge in [-0.3, -0.25) is 4.79 Å². The molecule has 0 unspecified atom stereocenters. The van der Waals surface area contributed by atoms with Crippen LogP contribution in [0.25, 0.3) is 5.57 Å². The highest BCUT2D eigenvalue weighted by Crippen LogP contribution is 2.26. The van der Waals surface area contributed by atoms with Crippen LogP contribution >= 0.6 is 0 Å². The van der Waals surface area contributed by atoms with Crippen molar-refractivity contribution >= 4 is 11.5 Å². The van der Waals surface area contributed by atoms with E-state index in [9.17, 15) is 4.79 Å². The summed E-state index contributed by atoms with van der Waals surface area (Å²) in [7, 11) is 1.78. The SMILES string of the molecule is C=CC(=C)Cc1ccc(C(=O)N(C)C(=C)C=C(C)c2c(C)cccc2C)c(C)c1C. The van der Waals surface area contributed by atoms with Gasteiger partial charge < -0.3 is 4.90 Å². The van der Waals surface area contributed by atoms with E-state index in [1.807, 2.05) is 25.1 Å². The van der Waals surface area contributed by atoms with E-state index < -0.39 is 0 Å². The van der Waals surface area contributed by atoms with Gasteiger partial charge in [0.2, 0.25) is 0 Å². The van der Waals surface area contributed by atoms with Crippen molar-refractivity contribution in [2.24, 2.45) is 0 Å². The minimum atomic E-state index is -0.0553. The van der Waals surface area contributed by atoms with Crippen LogP contribution in [0.1, 0.15) is 50.7 Å². The van der Waals surface area contributed by atoms with Gasteiger partial charge in [0.15, 0.2) is 0 Å². The Morgan fingerprint density at radius 2 is 1.60 bits per heavy atom. The third-order valence-electron chi connectivity index (χ3n) is 5.83. The van der Waals surface area contributed by atoms with Crippen molar-refractivity contribution in [2.45, 2.75) is 41.0 Å². The van der Waals surface area contributed by atoms with Crippen LogP contribution in [0.15, 0.2) is 73.5 Å². The fraction of sp³-hybridized carbons (Fsp3) is 0.250. The van der Waals surface area contributed by atoms with Gasteiger partial charge >= 0.3 is 0 Å². The maximum atomic E-state index is 13.2. The highest BCUT2D eigenvalue weighted by molar-refractivity contribution is 5.97. The van der Waals surface area contributed by atoms with Crippen LogP contribution in [0, 0.1) is 27.7 Å². The molecule has 0 saturated carbocycles. The number of hydrogen-bond donors (Lipinski definition) is 0. The molecule has 0 bridgehead atoms. The first-order chi connectivity index (χ1) is 14.1. The Bertz CT molecular complexity index is 1030. The van der Waals surface area contributed by atoms with Crippen LogP contribution < -0.4 is 0 Å². The van der Waals surface area contributed by atoms with Gasteiger partial charge in [-0.25, -0.2) is 0 Å². The molecule has 0 aromatic heterocycles. The van der Waals surface area contributed by atoms with E-state index >= 15 is 0 Å². The number of hydrogen-bond acceptors (Lipinski definition) is 1. The number of rotatable bonds is 7. The minimum Gasteiger partial charge on any atom is -0.312 e. The van der Waals surface area contributed by atoms with Crippen LogP contribution in [0.4, 0.5) is 0 Å². The number of likely N-dealkylation sites (N-methyl/N-ethyl adjacent to an activating group) is 1. The van der Waals surface area contributed by atoms with Crippen LogP contribution in [-0.2, 0) is 6.42 Å². The molecule has 156 valence electrons. The number of carbonyl (C=O) groups excluding carboxylic acids is 1. The molecule has 0 aliphatic heterocycles. The Morgan fingerprint density at radius 1 is 1.00 bits per heavy atom. The number of aryl methyl sites for hydroxylation is 2. The van der Waals surface area contributed by atoms with E-state index in [4.69, 9.17) is 0 Å². The number of allylic oxidation sites excluding steroid dienone is 4. The molecule has 30 heavy (non-hydrogen) atoms. The van der Waals surface area contributed by atoms with Gasteiger partial charge in [0.25, 0.3) is 5.91 Å².